The SMILES string of the molecule is Cc1noc(C)c1S(=O)(=O)Nc1ccc(N2CCN(C)CC2)nn1. The Morgan fingerprint density at radius 1 is 1.12 bits per heavy atom. The molecule has 0 bridgehead atoms. The van der Waals surface area contributed by atoms with E-state index in [2.05, 4.69) is 36.9 Å². The van der Waals surface area contributed by atoms with Gasteiger partial charge in [0, 0.05) is 26.2 Å². The minimum Gasteiger partial charge on any atom is -0.360 e. The number of aryl methyl sites for hydroxylation is 2. The second-order valence-electron chi connectivity index (χ2n) is 5.83. The number of hydrogen-bond acceptors (Lipinski definition) is 8. The Balaban J connectivity index is 1.75. The fourth-order valence-electron chi connectivity index (χ4n) is 2.63. The van der Waals surface area contributed by atoms with Crippen LogP contribution >= 0.6 is 0 Å². The van der Waals surface area contributed by atoms with Crippen LogP contribution in [0.2, 0.25) is 0 Å². The van der Waals surface area contributed by atoms with E-state index in [0.29, 0.717) is 5.69 Å². The molecule has 0 saturated carbocycles. The van der Waals surface area contributed by atoms with Crippen molar-refractivity contribution in [3.63, 3.8) is 0 Å². The minimum atomic E-state index is -3.81. The van der Waals surface area contributed by atoms with Crippen LogP contribution in [0.1, 0.15) is 11.5 Å². The number of sulfonamides is 1. The average Bonchev–Trinajstić information content (AvgIpc) is 2.88. The van der Waals surface area contributed by atoms with Crippen LogP contribution in [0.4, 0.5) is 11.6 Å². The summed E-state index contributed by atoms with van der Waals surface area (Å²) in [5.41, 5.74) is 0.307. The van der Waals surface area contributed by atoms with Crippen molar-refractivity contribution < 1.29 is 12.9 Å². The molecule has 2 aromatic heterocycles. The Kier molecular flexibility index (Phi) is 4.41. The standard InChI is InChI=1S/C14H20N6O3S/c1-10-14(11(2)23-17-10)24(21,22)18-12-4-5-13(16-15-12)20-8-6-19(3)7-9-20/h4-5H,6-9H2,1-3H3,(H,15,18). The van der Waals surface area contributed by atoms with E-state index in [0.717, 1.165) is 32.0 Å². The first-order chi connectivity index (χ1) is 11.4. The number of piperazine rings is 1. The largest absolute Gasteiger partial charge is 0.360 e. The molecule has 1 aliphatic heterocycles. The molecule has 0 radical (unpaired) electrons. The number of likely N-dealkylation sites (N-methyl/N-ethyl adjacent to an activating group) is 1. The van der Waals surface area contributed by atoms with E-state index in [-0.39, 0.29) is 16.5 Å². The van der Waals surface area contributed by atoms with Gasteiger partial charge in [-0.2, -0.15) is 0 Å². The number of rotatable bonds is 4. The van der Waals surface area contributed by atoms with E-state index in [1.165, 1.54) is 0 Å². The van der Waals surface area contributed by atoms with Gasteiger partial charge >= 0.3 is 0 Å². The highest BCUT2D eigenvalue weighted by molar-refractivity contribution is 7.92. The molecule has 9 nitrogen and oxygen atoms in total. The van der Waals surface area contributed by atoms with E-state index >= 15 is 0 Å². The topological polar surface area (TPSA) is 104 Å². The van der Waals surface area contributed by atoms with Crippen LogP contribution in [0.25, 0.3) is 0 Å². The molecule has 0 amide bonds. The second-order valence-corrected chi connectivity index (χ2v) is 7.45. The molecular weight excluding hydrogens is 332 g/mol. The lowest BCUT2D eigenvalue weighted by Gasteiger charge is -2.32. The highest BCUT2D eigenvalue weighted by Crippen LogP contribution is 2.22. The zero-order valence-electron chi connectivity index (χ0n) is 13.9. The highest BCUT2D eigenvalue weighted by Gasteiger charge is 2.25. The Hall–Kier alpha value is -2.20. The van der Waals surface area contributed by atoms with Crippen LogP contribution in [0.3, 0.4) is 0 Å². The molecule has 0 unspecified atom stereocenters. The molecular formula is C14H20N6O3S. The van der Waals surface area contributed by atoms with Crippen molar-refractivity contribution in [1.82, 2.24) is 20.3 Å². The predicted molar refractivity (Wildman–Crippen MR) is 88.5 cm³/mol. The van der Waals surface area contributed by atoms with Crippen molar-refractivity contribution in [2.75, 3.05) is 42.8 Å². The maximum absolute atomic E-state index is 12.4. The zero-order chi connectivity index (χ0) is 17.3. The summed E-state index contributed by atoms with van der Waals surface area (Å²) in [5, 5.41) is 11.8. The molecule has 1 N–H and O–H groups in total. The maximum atomic E-state index is 12.4. The molecule has 24 heavy (non-hydrogen) atoms. The lowest BCUT2D eigenvalue weighted by atomic mass is 10.3. The van der Waals surface area contributed by atoms with E-state index < -0.39 is 10.0 Å². The molecule has 1 saturated heterocycles. The van der Waals surface area contributed by atoms with Crippen LogP contribution in [0.5, 0.6) is 0 Å². The van der Waals surface area contributed by atoms with Gasteiger partial charge in [-0.05, 0) is 33.0 Å². The molecule has 3 rings (SSSR count). The molecule has 130 valence electrons. The van der Waals surface area contributed by atoms with E-state index in [4.69, 9.17) is 4.52 Å². The lowest BCUT2D eigenvalue weighted by Crippen LogP contribution is -2.44. The maximum Gasteiger partial charge on any atom is 0.268 e. The van der Waals surface area contributed by atoms with Gasteiger partial charge in [-0.15, -0.1) is 10.2 Å². The summed E-state index contributed by atoms with van der Waals surface area (Å²) in [6, 6.07) is 3.37. The fraction of sp³-hybridized carbons (Fsp3) is 0.500. The molecule has 0 spiro atoms. The van der Waals surface area contributed by atoms with Gasteiger partial charge in [-0.1, -0.05) is 5.16 Å². The Morgan fingerprint density at radius 2 is 1.83 bits per heavy atom. The van der Waals surface area contributed by atoms with Gasteiger partial charge in [-0.3, -0.25) is 4.72 Å². The van der Waals surface area contributed by atoms with Crippen LogP contribution < -0.4 is 9.62 Å². The molecule has 0 aliphatic carbocycles. The summed E-state index contributed by atoms with van der Waals surface area (Å²) in [5.74, 6) is 1.14. The first kappa shape index (κ1) is 16.7. The van der Waals surface area contributed by atoms with Crippen molar-refractivity contribution in [3.05, 3.63) is 23.6 Å². The number of aromatic nitrogens is 3. The van der Waals surface area contributed by atoms with Crippen LogP contribution in [0, 0.1) is 13.8 Å². The monoisotopic (exact) mass is 352 g/mol. The summed E-state index contributed by atoms with van der Waals surface area (Å²) in [7, 11) is -1.73. The summed E-state index contributed by atoms with van der Waals surface area (Å²) in [4.78, 5) is 4.41. The molecule has 2 aromatic rings. The lowest BCUT2D eigenvalue weighted by molar-refractivity contribution is 0.312. The smallest absolute Gasteiger partial charge is 0.268 e. The van der Waals surface area contributed by atoms with Crippen LogP contribution in [0.15, 0.2) is 21.6 Å². The number of nitrogens with zero attached hydrogens (tertiary/aromatic N) is 5. The molecule has 10 heteroatoms. The Bertz CT molecular complexity index is 790. The Morgan fingerprint density at radius 3 is 2.38 bits per heavy atom. The van der Waals surface area contributed by atoms with Gasteiger partial charge in [0.15, 0.2) is 22.3 Å². The number of nitrogens with one attached hydrogen (secondary N) is 1. The minimum absolute atomic E-state index is 0.0347. The third-order valence-electron chi connectivity index (χ3n) is 3.95. The van der Waals surface area contributed by atoms with Crippen LogP contribution in [-0.2, 0) is 10.0 Å². The molecule has 3 heterocycles. The van der Waals surface area contributed by atoms with Crippen molar-refractivity contribution in [2.45, 2.75) is 18.7 Å². The van der Waals surface area contributed by atoms with Gasteiger partial charge in [0.1, 0.15) is 5.69 Å². The Labute approximate surface area is 140 Å². The quantitative estimate of drug-likeness (QED) is 0.854. The van der Waals surface area contributed by atoms with Crippen molar-refractivity contribution in [3.8, 4) is 0 Å². The number of hydrogen-bond donors (Lipinski definition) is 1. The molecule has 1 fully saturated rings. The zero-order valence-corrected chi connectivity index (χ0v) is 14.7. The first-order valence-electron chi connectivity index (χ1n) is 7.60. The van der Waals surface area contributed by atoms with E-state index in [1.54, 1.807) is 26.0 Å². The second kappa shape index (κ2) is 6.36. The van der Waals surface area contributed by atoms with E-state index in [1.807, 2.05) is 0 Å². The van der Waals surface area contributed by atoms with Crippen molar-refractivity contribution in [1.29, 1.82) is 0 Å². The molecule has 0 atom stereocenters. The van der Waals surface area contributed by atoms with Crippen molar-refractivity contribution in [2.24, 2.45) is 0 Å². The van der Waals surface area contributed by atoms with Gasteiger partial charge < -0.3 is 14.3 Å². The van der Waals surface area contributed by atoms with Crippen molar-refractivity contribution >= 4 is 21.7 Å². The average molecular weight is 352 g/mol. The van der Waals surface area contributed by atoms with E-state index in [9.17, 15) is 8.42 Å². The summed E-state index contributed by atoms with van der Waals surface area (Å²) < 4.78 is 32.2. The summed E-state index contributed by atoms with van der Waals surface area (Å²) in [6.07, 6.45) is 0. The van der Waals surface area contributed by atoms with Gasteiger partial charge in [0.2, 0.25) is 0 Å². The van der Waals surface area contributed by atoms with Gasteiger partial charge in [0.05, 0.1) is 0 Å². The highest BCUT2D eigenvalue weighted by atomic mass is 32.2. The molecule has 1 aliphatic rings. The third-order valence-corrected chi connectivity index (χ3v) is 5.55. The first-order valence-corrected chi connectivity index (χ1v) is 9.08. The summed E-state index contributed by atoms with van der Waals surface area (Å²) >= 11 is 0. The molecule has 0 aromatic carbocycles. The predicted octanol–water partition coefficient (Wildman–Crippen LogP) is 0.634. The summed E-state index contributed by atoms with van der Waals surface area (Å²) in [6.45, 7) is 6.79. The fourth-order valence-corrected chi connectivity index (χ4v) is 3.96. The number of anilines is 2. The van der Waals surface area contributed by atoms with Gasteiger partial charge in [0.25, 0.3) is 10.0 Å². The van der Waals surface area contributed by atoms with Gasteiger partial charge in [-0.25, -0.2) is 8.42 Å². The van der Waals surface area contributed by atoms with Crippen LogP contribution in [-0.4, -0.2) is 61.9 Å². The normalized spacial score (nSPS) is 16.4. The third kappa shape index (κ3) is 3.34.